The predicted octanol–water partition coefficient (Wildman–Crippen LogP) is 3.44. The van der Waals surface area contributed by atoms with Crippen LogP contribution in [0, 0.1) is 0 Å². The minimum absolute atomic E-state index is 0.535. The summed E-state index contributed by atoms with van der Waals surface area (Å²) in [6.07, 6.45) is 3.52. The summed E-state index contributed by atoms with van der Waals surface area (Å²) in [4.78, 5) is 2.54. The third-order valence-corrected chi connectivity index (χ3v) is 3.80. The molecule has 0 spiro atoms. The molecule has 0 bridgehead atoms. The first-order valence-corrected chi connectivity index (χ1v) is 7.94. The molecular formula is C17H28N2O. The number of anilines is 1. The molecule has 1 aromatic rings. The summed E-state index contributed by atoms with van der Waals surface area (Å²) in [7, 11) is 0. The number of fused-ring (bicyclic) bond motifs is 1. The van der Waals surface area contributed by atoms with E-state index in [1.54, 1.807) is 0 Å². The highest BCUT2D eigenvalue weighted by Gasteiger charge is 2.23. The van der Waals surface area contributed by atoms with Crippen molar-refractivity contribution in [1.29, 1.82) is 0 Å². The Morgan fingerprint density at radius 3 is 2.85 bits per heavy atom. The van der Waals surface area contributed by atoms with Gasteiger partial charge in [-0.05, 0) is 25.0 Å². The molecule has 1 atom stereocenters. The van der Waals surface area contributed by atoms with E-state index in [1.807, 2.05) is 0 Å². The van der Waals surface area contributed by atoms with Crippen molar-refractivity contribution in [1.82, 2.24) is 5.32 Å². The molecule has 0 saturated carbocycles. The molecule has 0 saturated heterocycles. The van der Waals surface area contributed by atoms with E-state index < -0.39 is 0 Å². The molecule has 0 aromatic heterocycles. The van der Waals surface area contributed by atoms with Crippen molar-refractivity contribution in [3.8, 4) is 5.75 Å². The van der Waals surface area contributed by atoms with Crippen LogP contribution in [0.2, 0.25) is 0 Å². The topological polar surface area (TPSA) is 24.5 Å². The molecule has 1 N–H and O–H groups in total. The highest BCUT2D eigenvalue weighted by molar-refractivity contribution is 5.59. The molecule has 20 heavy (non-hydrogen) atoms. The number of ether oxygens (including phenoxy) is 1. The maximum atomic E-state index is 5.87. The molecule has 3 nitrogen and oxygen atoms in total. The average molecular weight is 276 g/mol. The van der Waals surface area contributed by atoms with Gasteiger partial charge in [0.15, 0.2) is 0 Å². The third kappa shape index (κ3) is 3.89. The van der Waals surface area contributed by atoms with Crippen molar-refractivity contribution in [2.45, 2.75) is 52.1 Å². The van der Waals surface area contributed by atoms with Gasteiger partial charge in [0.1, 0.15) is 5.75 Å². The fourth-order valence-corrected chi connectivity index (χ4v) is 2.81. The van der Waals surface area contributed by atoms with Crippen molar-refractivity contribution in [2.75, 3.05) is 24.6 Å². The number of hydrogen-bond donors (Lipinski definition) is 1. The number of benzene rings is 1. The molecule has 1 heterocycles. The van der Waals surface area contributed by atoms with Gasteiger partial charge >= 0.3 is 0 Å². The molecule has 1 unspecified atom stereocenters. The summed E-state index contributed by atoms with van der Waals surface area (Å²) in [6, 6.07) is 9.53. The Hall–Kier alpha value is -1.22. The van der Waals surface area contributed by atoms with Crippen molar-refractivity contribution in [3.63, 3.8) is 0 Å². The lowest BCUT2D eigenvalue weighted by Gasteiger charge is -2.34. The monoisotopic (exact) mass is 276 g/mol. The maximum Gasteiger partial charge on any atom is 0.142 e. The number of hydrogen-bond acceptors (Lipinski definition) is 3. The molecule has 1 aromatic carbocycles. The zero-order valence-electron chi connectivity index (χ0n) is 13.1. The van der Waals surface area contributed by atoms with Crippen molar-refractivity contribution >= 4 is 5.69 Å². The molecule has 0 radical (unpaired) electrons. The lowest BCUT2D eigenvalue weighted by molar-refractivity contribution is 0.322. The summed E-state index contributed by atoms with van der Waals surface area (Å²) < 4.78 is 5.87. The van der Waals surface area contributed by atoms with Gasteiger partial charge in [-0.2, -0.15) is 0 Å². The van der Waals surface area contributed by atoms with Gasteiger partial charge in [0, 0.05) is 25.2 Å². The second kappa shape index (κ2) is 7.53. The van der Waals surface area contributed by atoms with Gasteiger partial charge in [0.05, 0.1) is 12.3 Å². The summed E-state index contributed by atoms with van der Waals surface area (Å²) in [6.45, 7) is 9.64. The average Bonchev–Trinajstić information content (AvgIpc) is 2.66. The molecule has 2 rings (SSSR count). The lowest BCUT2D eigenvalue weighted by Crippen LogP contribution is -2.44. The molecule has 1 aliphatic rings. The van der Waals surface area contributed by atoms with Crippen LogP contribution in [0.5, 0.6) is 5.75 Å². The second-order valence-electron chi connectivity index (χ2n) is 5.87. The zero-order chi connectivity index (χ0) is 14.4. The summed E-state index contributed by atoms with van der Waals surface area (Å²) >= 11 is 0. The minimum Gasteiger partial charge on any atom is -0.491 e. The Kier molecular flexibility index (Phi) is 5.72. The zero-order valence-corrected chi connectivity index (χ0v) is 13.1. The van der Waals surface area contributed by atoms with Gasteiger partial charge in [-0.15, -0.1) is 0 Å². The number of rotatable bonds is 6. The normalized spacial score (nSPS) is 16.5. The summed E-state index contributed by atoms with van der Waals surface area (Å²) in [5.41, 5.74) is 1.26. The molecule has 0 amide bonds. The Morgan fingerprint density at radius 1 is 1.30 bits per heavy atom. The van der Waals surface area contributed by atoms with Gasteiger partial charge in [0.25, 0.3) is 0 Å². The standard InChI is InChI=1S/C17H28N2O/c1-4-8-15(13-18-14(2)3)19-11-7-12-20-17-10-6-5-9-16(17)19/h5-6,9-10,14-15,18H,4,7-8,11-13H2,1-3H3. The molecule has 3 heteroatoms. The molecule has 0 aliphatic carbocycles. The van der Waals surface area contributed by atoms with Crippen molar-refractivity contribution in [3.05, 3.63) is 24.3 Å². The predicted molar refractivity (Wildman–Crippen MR) is 85.7 cm³/mol. The van der Waals surface area contributed by atoms with E-state index in [4.69, 9.17) is 4.74 Å². The van der Waals surface area contributed by atoms with Gasteiger partial charge in [-0.1, -0.05) is 39.3 Å². The van der Waals surface area contributed by atoms with Gasteiger partial charge < -0.3 is 15.0 Å². The number of nitrogens with zero attached hydrogens (tertiary/aromatic N) is 1. The fraction of sp³-hybridized carbons (Fsp3) is 0.647. The highest BCUT2D eigenvalue weighted by Crippen LogP contribution is 2.32. The first kappa shape index (κ1) is 15.2. The quantitative estimate of drug-likeness (QED) is 0.861. The van der Waals surface area contributed by atoms with Crippen LogP contribution in [0.3, 0.4) is 0 Å². The van der Waals surface area contributed by atoms with Crippen LogP contribution in [-0.4, -0.2) is 31.8 Å². The molecule has 0 fully saturated rings. The number of para-hydroxylation sites is 2. The Bertz CT molecular complexity index is 406. The van der Waals surface area contributed by atoms with Crippen LogP contribution < -0.4 is 15.0 Å². The van der Waals surface area contributed by atoms with Crippen LogP contribution >= 0.6 is 0 Å². The summed E-state index contributed by atoms with van der Waals surface area (Å²) in [5.74, 6) is 1.04. The van der Waals surface area contributed by atoms with E-state index >= 15 is 0 Å². The van der Waals surface area contributed by atoms with E-state index in [0.29, 0.717) is 12.1 Å². The van der Waals surface area contributed by atoms with Crippen LogP contribution in [0.25, 0.3) is 0 Å². The van der Waals surface area contributed by atoms with E-state index in [-0.39, 0.29) is 0 Å². The van der Waals surface area contributed by atoms with E-state index in [2.05, 4.69) is 55.3 Å². The van der Waals surface area contributed by atoms with Gasteiger partial charge in [-0.25, -0.2) is 0 Å². The number of nitrogens with one attached hydrogen (secondary N) is 1. The van der Waals surface area contributed by atoms with Crippen molar-refractivity contribution in [2.24, 2.45) is 0 Å². The Labute approximate surface area is 123 Å². The minimum atomic E-state index is 0.535. The Balaban J connectivity index is 2.18. The SMILES string of the molecule is CCCC(CNC(C)C)N1CCCOc2ccccc21. The van der Waals surface area contributed by atoms with Crippen LogP contribution in [0.4, 0.5) is 5.69 Å². The smallest absolute Gasteiger partial charge is 0.142 e. The molecule has 112 valence electrons. The third-order valence-electron chi connectivity index (χ3n) is 3.80. The van der Waals surface area contributed by atoms with Gasteiger partial charge in [-0.3, -0.25) is 0 Å². The molecular weight excluding hydrogens is 248 g/mol. The molecule has 1 aliphatic heterocycles. The first-order valence-electron chi connectivity index (χ1n) is 7.94. The lowest BCUT2D eigenvalue weighted by atomic mass is 10.1. The van der Waals surface area contributed by atoms with E-state index in [0.717, 1.165) is 31.9 Å². The van der Waals surface area contributed by atoms with Crippen LogP contribution in [-0.2, 0) is 0 Å². The fourth-order valence-electron chi connectivity index (χ4n) is 2.81. The van der Waals surface area contributed by atoms with E-state index in [9.17, 15) is 0 Å². The summed E-state index contributed by atoms with van der Waals surface area (Å²) in [5, 5.41) is 3.60. The Morgan fingerprint density at radius 2 is 2.10 bits per heavy atom. The van der Waals surface area contributed by atoms with Crippen molar-refractivity contribution < 1.29 is 4.74 Å². The van der Waals surface area contributed by atoms with Crippen LogP contribution in [0.1, 0.15) is 40.0 Å². The van der Waals surface area contributed by atoms with E-state index in [1.165, 1.54) is 18.5 Å². The van der Waals surface area contributed by atoms with Gasteiger partial charge in [0.2, 0.25) is 0 Å². The maximum absolute atomic E-state index is 5.87. The second-order valence-corrected chi connectivity index (χ2v) is 5.87. The van der Waals surface area contributed by atoms with Crippen LogP contribution in [0.15, 0.2) is 24.3 Å². The highest BCUT2D eigenvalue weighted by atomic mass is 16.5. The first-order chi connectivity index (χ1) is 9.72. The largest absolute Gasteiger partial charge is 0.491 e.